The van der Waals surface area contributed by atoms with Crippen LogP contribution in [0.2, 0.25) is 0 Å². The van der Waals surface area contributed by atoms with Crippen LogP contribution in [0.1, 0.15) is 67.9 Å². The minimum atomic E-state index is 0.0776. The molecule has 0 aliphatic heterocycles. The van der Waals surface area contributed by atoms with Gasteiger partial charge in [0.1, 0.15) is 23.3 Å². The van der Waals surface area contributed by atoms with Gasteiger partial charge >= 0.3 is 0 Å². The number of fused-ring (bicyclic) bond motifs is 16. The number of hydrogen-bond donors (Lipinski definition) is 4. The second-order valence-corrected chi connectivity index (χ2v) is 29.2. The number of benzene rings is 9. The zero-order valence-electron chi connectivity index (χ0n) is 56.6. The van der Waals surface area contributed by atoms with Crippen molar-refractivity contribution in [3.8, 4) is 0 Å². The molecule has 0 atom stereocenters. The maximum absolute atomic E-state index is 13.4. The lowest BCUT2D eigenvalue weighted by molar-refractivity contribution is 0.832. The molecule has 0 spiro atoms. The largest absolute Gasteiger partial charge is 0.369 e. The average molecular weight is 1390 g/mol. The Morgan fingerprint density at radius 3 is 0.930 bits per heavy atom. The lowest BCUT2D eigenvalue weighted by atomic mass is 10.1. The van der Waals surface area contributed by atoms with E-state index in [2.05, 4.69) is 65.4 Å². The van der Waals surface area contributed by atoms with Crippen LogP contribution < -0.4 is 43.0 Å². The molecule has 0 saturated heterocycles. The summed E-state index contributed by atoms with van der Waals surface area (Å²) in [5, 5.41) is 23.6. The molecule has 0 aliphatic rings. The third-order valence-corrected chi connectivity index (χ3v) is 22.4. The van der Waals surface area contributed by atoms with Gasteiger partial charge in [0.05, 0.1) is 62.4 Å². The number of anilines is 4. The summed E-state index contributed by atoms with van der Waals surface area (Å²) in [7, 11) is 0. The number of nitrogens with one attached hydrogen (secondary N) is 4. The van der Waals surface area contributed by atoms with Gasteiger partial charge in [0.2, 0.25) is 0 Å². The van der Waals surface area contributed by atoms with Gasteiger partial charge in [0, 0.05) is 88.1 Å². The lowest BCUT2D eigenvalue weighted by Crippen LogP contribution is -2.08. The molecule has 17 aromatic rings. The predicted octanol–water partition coefficient (Wildman–Crippen LogP) is 21.2. The summed E-state index contributed by atoms with van der Waals surface area (Å²) in [5.74, 6) is 3.20. The maximum Gasteiger partial charge on any atom is 0.196 e. The molecular formula is C84H72N8O4S4. The second-order valence-electron chi connectivity index (χ2n) is 25.0. The van der Waals surface area contributed by atoms with Gasteiger partial charge in [-0.3, -0.25) is 19.2 Å². The zero-order chi connectivity index (χ0) is 69.1. The summed E-state index contributed by atoms with van der Waals surface area (Å²) >= 11 is 6.55. The van der Waals surface area contributed by atoms with Gasteiger partial charge in [0.15, 0.2) is 21.7 Å². The third-order valence-electron chi connectivity index (χ3n) is 17.7. The number of hydrogen-bond acceptors (Lipinski definition) is 16. The molecule has 0 amide bonds. The van der Waals surface area contributed by atoms with Crippen molar-refractivity contribution in [2.75, 3.05) is 40.9 Å². The maximum atomic E-state index is 13.4. The highest BCUT2D eigenvalue weighted by Gasteiger charge is 2.20. The van der Waals surface area contributed by atoms with Crippen molar-refractivity contribution >= 4 is 193 Å². The van der Waals surface area contributed by atoms with Gasteiger partial charge in [-0.2, -0.15) is 0 Å². The Kier molecular flexibility index (Phi) is 19.4. The van der Waals surface area contributed by atoms with Gasteiger partial charge in [-0.15, -0.1) is 45.3 Å². The van der Waals surface area contributed by atoms with E-state index < -0.39 is 0 Å². The van der Waals surface area contributed by atoms with Crippen molar-refractivity contribution in [2.24, 2.45) is 0 Å². The Morgan fingerprint density at radius 2 is 0.610 bits per heavy atom. The van der Waals surface area contributed by atoms with Crippen molar-refractivity contribution < 1.29 is 0 Å². The minimum Gasteiger partial charge on any atom is -0.369 e. The Hall–Kier alpha value is -10.6. The fraction of sp³-hybridized carbons (Fsp3) is 0.167. The van der Waals surface area contributed by atoms with Gasteiger partial charge in [-0.1, -0.05) is 170 Å². The van der Waals surface area contributed by atoms with Crippen LogP contribution in [0.4, 0.5) is 23.3 Å². The Bertz CT molecular complexity index is 6310. The molecule has 0 unspecified atom stereocenters. The second kappa shape index (κ2) is 29.1. The smallest absolute Gasteiger partial charge is 0.196 e. The molecule has 0 bridgehead atoms. The summed E-state index contributed by atoms with van der Waals surface area (Å²) in [6, 6.07) is 66.0. The summed E-state index contributed by atoms with van der Waals surface area (Å²) in [6.07, 6.45) is 3.21. The fourth-order valence-electron chi connectivity index (χ4n) is 12.8. The highest BCUT2D eigenvalue weighted by molar-refractivity contribution is 7.26. The van der Waals surface area contributed by atoms with Crippen LogP contribution in [0.3, 0.4) is 0 Å². The number of aryl methyl sites for hydroxylation is 4. The van der Waals surface area contributed by atoms with E-state index in [0.29, 0.717) is 6.54 Å². The number of aromatic nitrogens is 4. The summed E-state index contributed by atoms with van der Waals surface area (Å²) in [5.41, 5.74) is 9.37. The number of nitrogens with zero attached hydrogens (tertiary/aromatic N) is 4. The SMILES string of the molecule is CCCCNc1nc2ccccc2c2c(=O)c3cc(C)ccc3sc12.CCCNc1nc2ccccc2c2c(=O)c3cc(C)ccc3sc12.CCNc1nc2ccccc2c2c(=O)c3cc(C)ccc3sc12.Cc1ccc2sc3c(NCc4ccccc4)nc4ccccc4c3c(=O)c2c1. The molecule has 0 fully saturated rings. The molecule has 0 saturated carbocycles. The van der Waals surface area contributed by atoms with Crippen LogP contribution in [0.15, 0.2) is 219 Å². The summed E-state index contributed by atoms with van der Waals surface area (Å²) in [6.45, 7) is 17.5. The molecule has 0 aliphatic carbocycles. The van der Waals surface area contributed by atoms with Crippen molar-refractivity contribution in [2.45, 2.75) is 74.3 Å². The predicted molar refractivity (Wildman–Crippen MR) is 433 cm³/mol. The van der Waals surface area contributed by atoms with E-state index in [4.69, 9.17) is 19.9 Å². The molecular weight excluding hydrogens is 1310 g/mol. The Morgan fingerprint density at radius 1 is 0.310 bits per heavy atom. The quantitative estimate of drug-likeness (QED) is 0.0520. The molecule has 8 heterocycles. The number of pyridine rings is 4. The first kappa shape index (κ1) is 66.6. The molecule has 17 rings (SSSR count). The van der Waals surface area contributed by atoms with E-state index in [-0.39, 0.29) is 21.7 Å². The van der Waals surface area contributed by atoms with Crippen LogP contribution in [-0.4, -0.2) is 39.6 Å². The standard InChI is InChI=1S/C24H18N2OS.C21H20N2OS.C20H18N2OS.C19H16N2OS/c1-15-11-12-20-18(13-15)22(27)21-17-9-5-6-10-19(17)26-24(23(21)28-20)25-14-16-7-3-2-4-8-16;1-3-4-11-22-21-20-18(14-7-5-6-8-16(14)23-21)19(24)15-12-13(2)9-10-17(15)25-20;1-3-10-21-20-19-17(13-6-4-5-7-15(13)22-20)18(23)14-11-12(2)8-9-16(14)24-19;1-3-20-19-18-16(12-6-4-5-7-14(12)21-19)17(22)13-10-11(2)8-9-15(13)23-18/h2-13H,14H2,1H3,(H,25,26);5-10,12H,3-4,11H2,1-2H3,(H,22,23);4-9,11H,3,10H2,1-2H3,(H,21,22);4-10H,3H2,1-2H3,(H,20,21). The van der Waals surface area contributed by atoms with E-state index in [9.17, 15) is 19.2 Å². The van der Waals surface area contributed by atoms with Crippen molar-refractivity contribution in [1.29, 1.82) is 0 Å². The van der Waals surface area contributed by atoms with E-state index in [1.54, 1.807) is 45.3 Å². The molecule has 8 aromatic heterocycles. The van der Waals surface area contributed by atoms with Gasteiger partial charge in [-0.05, 0) is 126 Å². The molecule has 12 nitrogen and oxygen atoms in total. The Balaban J connectivity index is 0.000000114. The fourth-order valence-corrected chi connectivity index (χ4v) is 17.3. The van der Waals surface area contributed by atoms with Crippen molar-refractivity contribution in [1.82, 2.24) is 19.9 Å². The van der Waals surface area contributed by atoms with Gasteiger partial charge < -0.3 is 21.3 Å². The highest BCUT2D eigenvalue weighted by Crippen LogP contribution is 2.39. The zero-order valence-corrected chi connectivity index (χ0v) is 59.8. The molecule has 9 aromatic carbocycles. The average Bonchev–Trinajstić information content (AvgIpc) is 0.767. The lowest BCUT2D eigenvalue weighted by Gasteiger charge is -2.12. The van der Waals surface area contributed by atoms with E-state index in [0.717, 1.165) is 209 Å². The van der Waals surface area contributed by atoms with Gasteiger partial charge in [-0.25, -0.2) is 19.9 Å². The van der Waals surface area contributed by atoms with Gasteiger partial charge in [0.25, 0.3) is 0 Å². The van der Waals surface area contributed by atoms with Crippen LogP contribution in [0.25, 0.3) is 124 Å². The Labute approximate surface area is 592 Å². The number of rotatable bonds is 12. The summed E-state index contributed by atoms with van der Waals surface area (Å²) < 4.78 is 7.77. The normalized spacial score (nSPS) is 11.4. The van der Waals surface area contributed by atoms with Crippen LogP contribution >= 0.6 is 45.3 Å². The van der Waals surface area contributed by atoms with Crippen LogP contribution in [0.5, 0.6) is 0 Å². The number of unbranched alkanes of at least 4 members (excludes halogenated alkanes) is 1. The van der Waals surface area contributed by atoms with E-state index >= 15 is 0 Å². The molecule has 496 valence electrons. The first-order chi connectivity index (χ1) is 48.8. The van der Waals surface area contributed by atoms with E-state index in [1.165, 1.54) is 5.56 Å². The van der Waals surface area contributed by atoms with E-state index in [1.807, 2.05) is 204 Å². The first-order valence-corrected chi connectivity index (χ1v) is 37.1. The minimum absolute atomic E-state index is 0.0776. The van der Waals surface area contributed by atoms with Crippen LogP contribution in [-0.2, 0) is 6.54 Å². The summed E-state index contributed by atoms with van der Waals surface area (Å²) in [4.78, 5) is 72.2. The third kappa shape index (κ3) is 13.2. The molecule has 4 N–H and O–H groups in total. The van der Waals surface area contributed by atoms with Crippen LogP contribution in [0, 0.1) is 27.7 Å². The molecule has 100 heavy (non-hydrogen) atoms. The molecule has 0 radical (unpaired) electrons. The molecule has 16 heteroatoms. The number of para-hydroxylation sites is 4. The topological polar surface area (TPSA) is 168 Å². The monoisotopic (exact) mass is 1380 g/mol. The highest BCUT2D eigenvalue weighted by atomic mass is 32.1. The first-order valence-electron chi connectivity index (χ1n) is 33.8. The van der Waals surface area contributed by atoms with Crippen molar-refractivity contribution in [3.05, 3.63) is 269 Å². The van der Waals surface area contributed by atoms with Crippen molar-refractivity contribution in [3.63, 3.8) is 0 Å².